The fraction of sp³-hybridized carbons (Fsp3) is 0.882. The molecule has 1 saturated heterocycles. The molecule has 0 aromatic heterocycles. The Kier molecular flexibility index (Phi) is 4.49. The zero-order valence-corrected chi connectivity index (χ0v) is 13.1. The molecule has 0 aromatic rings. The van der Waals surface area contributed by atoms with Crippen molar-refractivity contribution in [2.45, 2.75) is 33.1 Å². The first-order chi connectivity index (χ1) is 9.68. The van der Waals surface area contributed by atoms with Crippen molar-refractivity contribution in [3.05, 3.63) is 11.6 Å². The number of hydrogen-bond acceptors (Lipinski definition) is 3. The molecule has 4 rings (SSSR count). The van der Waals surface area contributed by atoms with Gasteiger partial charge in [-0.2, -0.15) is 0 Å². The molecule has 0 unspecified atom stereocenters. The van der Waals surface area contributed by atoms with Gasteiger partial charge in [0.05, 0.1) is 26.4 Å². The average molecular weight is 279 g/mol. The molecular weight excluding hydrogens is 250 g/mol. The topological polar surface area (TPSA) is 21.7 Å². The lowest BCUT2D eigenvalue weighted by Crippen LogP contribution is -2.48. The van der Waals surface area contributed by atoms with Gasteiger partial charge < -0.3 is 9.47 Å². The van der Waals surface area contributed by atoms with Crippen molar-refractivity contribution >= 4 is 0 Å². The third-order valence-corrected chi connectivity index (χ3v) is 5.77. The van der Waals surface area contributed by atoms with E-state index < -0.39 is 0 Å². The second-order valence-electron chi connectivity index (χ2n) is 7.14. The third kappa shape index (κ3) is 2.95. The number of nitrogens with zero attached hydrogens (tertiary/aromatic N) is 1. The summed E-state index contributed by atoms with van der Waals surface area (Å²) in [4.78, 5) is 2.43. The number of morpholine rings is 1. The quantitative estimate of drug-likeness (QED) is 0.551. The van der Waals surface area contributed by atoms with Crippen molar-refractivity contribution in [2.24, 2.45) is 17.3 Å². The molecule has 20 heavy (non-hydrogen) atoms. The number of ether oxygens (including phenoxy) is 2. The fourth-order valence-electron chi connectivity index (χ4n) is 4.07. The van der Waals surface area contributed by atoms with E-state index in [1.807, 2.05) is 0 Å². The normalized spacial score (nSPS) is 32.6. The van der Waals surface area contributed by atoms with Crippen molar-refractivity contribution in [2.75, 3.05) is 46.1 Å². The van der Waals surface area contributed by atoms with Gasteiger partial charge in [-0.25, -0.2) is 0 Å². The Hall–Kier alpha value is -0.380. The molecule has 1 heterocycles. The van der Waals surface area contributed by atoms with Crippen LogP contribution in [0.3, 0.4) is 0 Å². The summed E-state index contributed by atoms with van der Waals surface area (Å²) in [6, 6.07) is 0. The SMILES string of the molecule is CC1(C)[C@H]2CC=C(CCOCCN3CCOCC3)[C@@H]1C2. The lowest BCUT2D eigenvalue weighted by atomic mass is 9.48. The molecule has 1 saturated carbocycles. The van der Waals surface area contributed by atoms with Gasteiger partial charge in [0.25, 0.3) is 0 Å². The molecule has 0 radical (unpaired) electrons. The van der Waals surface area contributed by atoms with E-state index in [1.54, 1.807) is 5.57 Å². The van der Waals surface area contributed by atoms with Gasteiger partial charge in [0.15, 0.2) is 0 Å². The van der Waals surface area contributed by atoms with Gasteiger partial charge >= 0.3 is 0 Å². The van der Waals surface area contributed by atoms with Gasteiger partial charge in [-0.3, -0.25) is 4.90 Å². The number of fused-ring (bicyclic) bond motifs is 1. The summed E-state index contributed by atoms with van der Waals surface area (Å²) in [5.74, 6) is 1.78. The van der Waals surface area contributed by atoms with E-state index in [2.05, 4.69) is 24.8 Å². The van der Waals surface area contributed by atoms with Crippen LogP contribution in [0.5, 0.6) is 0 Å². The maximum atomic E-state index is 5.85. The Morgan fingerprint density at radius 3 is 2.80 bits per heavy atom. The van der Waals surface area contributed by atoms with Crippen LogP contribution in [0.1, 0.15) is 33.1 Å². The molecule has 1 aliphatic heterocycles. The molecule has 3 nitrogen and oxygen atoms in total. The highest BCUT2D eigenvalue weighted by molar-refractivity contribution is 5.23. The lowest BCUT2D eigenvalue weighted by molar-refractivity contribution is -0.0121. The van der Waals surface area contributed by atoms with E-state index in [4.69, 9.17) is 9.47 Å². The molecule has 3 heteroatoms. The minimum atomic E-state index is 0.553. The van der Waals surface area contributed by atoms with Crippen molar-refractivity contribution in [1.82, 2.24) is 4.90 Å². The lowest BCUT2D eigenvalue weighted by Gasteiger charge is -2.56. The second kappa shape index (κ2) is 6.17. The number of hydrogen-bond donors (Lipinski definition) is 0. The van der Waals surface area contributed by atoms with E-state index in [-0.39, 0.29) is 0 Å². The highest BCUT2D eigenvalue weighted by atomic mass is 16.5. The summed E-state index contributed by atoms with van der Waals surface area (Å²) in [5, 5.41) is 0. The Labute approximate surface area is 123 Å². The smallest absolute Gasteiger partial charge is 0.0594 e. The molecule has 2 atom stereocenters. The monoisotopic (exact) mass is 279 g/mol. The highest BCUT2D eigenvalue weighted by Crippen LogP contribution is 2.59. The van der Waals surface area contributed by atoms with Crippen LogP contribution >= 0.6 is 0 Å². The van der Waals surface area contributed by atoms with Crippen LogP contribution in [0.25, 0.3) is 0 Å². The first-order valence-electron chi connectivity index (χ1n) is 8.24. The van der Waals surface area contributed by atoms with Gasteiger partial charge in [0, 0.05) is 19.6 Å². The van der Waals surface area contributed by atoms with E-state index in [0.29, 0.717) is 5.41 Å². The van der Waals surface area contributed by atoms with Crippen molar-refractivity contribution in [3.63, 3.8) is 0 Å². The molecule has 0 aromatic carbocycles. The summed E-state index contributed by atoms with van der Waals surface area (Å²) < 4.78 is 11.2. The maximum Gasteiger partial charge on any atom is 0.0594 e. The van der Waals surface area contributed by atoms with Gasteiger partial charge in [0.2, 0.25) is 0 Å². The van der Waals surface area contributed by atoms with E-state index in [9.17, 15) is 0 Å². The summed E-state index contributed by atoms with van der Waals surface area (Å²) >= 11 is 0. The minimum Gasteiger partial charge on any atom is -0.380 e. The van der Waals surface area contributed by atoms with Gasteiger partial charge in [-0.1, -0.05) is 25.5 Å². The van der Waals surface area contributed by atoms with E-state index >= 15 is 0 Å². The molecule has 3 aliphatic carbocycles. The van der Waals surface area contributed by atoms with Crippen molar-refractivity contribution in [3.8, 4) is 0 Å². The first-order valence-corrected chi connectivity index (χ1v) is 8.24. The van der Waals surface area contributed by atoms with Gasteiger partial charge in [0.1, 0.15) is 0 Å². The molecule has 0 N–H and O–H groups in total. The molecular formula is C17H29NO2. The third-order valence-electron chi connectivity index (χ3n) is 5.77. The van der Waals surface area contributed by atoms with Crippen LogP contribution in [0.4, 0.5) is 0 Å². The van der Waals surface area contributed by atoms with Crippen LogP contribution in [-0.4, -0.2) is 51.0 Å². The predicted octanol–water partition coefficient (Wildman–Crippen LogP) is 2.72. The van der Waals surface area contributed by atoms with Crippen molar-refractivity contribution < 1.29 is 9.47 Å². The zero-order valence-electron chi connectivity index (χ0n) is 13.1. The molecule has 0 amide bonds. The van der Waals surface area contributed by atoms with E-state index in [1.165, 1.54) is 12.8 Å². The Balaban J connectivity index is 1.31. The summed E-state index contributed by atoms with van der Waals surface area (Å²) in [7, 11) is 0. The first kappa shape index (κ1) is 14.6. The van der Waals surface area contributed by atoms with Crippen LogP contribution in [0.2, 0.25) is 0 Å². The highest BCUT2D eigenvalue weighted by Gasteiger charge is 2.50. The standard InChI is InChI=1S/C17H29NO2/c1-17(2)15-4-3-14(16(17)13-15)5-9-19-10-6-18-7-11-20-12-8-18/h3,15-16H,4-13H2,1-2H3/t15-,16-/m0/s1. The zero-order chi connectivity index (χ0) is 14.0. The molecule has 2 bridgehead atoms. The molecule has 2 fully saturated rings. The Bertz CT molecular complexity index is 358. The summed E-state index contributed by atoms with van der Waals surface area (Å²) in [6.07, 6.45) is 6.36. The Morgan fingerprint density at radius 2 is 2.10 bits per heavy atom. The second-order valence-corrected chi connectivity index (χ2v) is 7.14. The molecule has 4 aliphatic rings. The summed E-state index contributed by atoms with van der Waals surface area (Å²) in [6.45, 7) is 11.6. The predicted molar refractivity (Wildman–Crippen MR) is 80.8 cm³/mol. The van der Waals surface area contributed by atoms with Crippen molar-refractivity contribution in [1.29, 1.82) is 0 Å². The maximum absolute atomic E-state index is 5.85. The van der Waals surface area contributed by atoms with E-state index in [0.717, 1.165) is 64.3 Å². The Morgan fingerprint density at radius 1 is 1.30 bits per heavy atom. The average Bonchev–Trinajstić information content (AvgIpc) is 2.48. The largest absolute Gasteiger partial charge is 0.380 e. The van der Waals surface area contributed by atoms with Gasteiger partial charge in [-0.15, -0.1) is 0 Å². The summed E-state index contributed by atoms with van der Waals surface area (Å²) in [5.41, 5.74) is 2.22. The van der Waals surface area contributed by atoms with Crippen LogP contribution in [0.15, 0.2) is 11.6 Å². The molecule has 0 spiro atoms. The fourth-order valence-corrected chi connectivity index (χ4v) is 4.07. The molecule has 114 valence electrons. The van der Waals surface area contributed by atoms with Crippen LogP contribution in [-0.2, 0) is 9.47 Å². The van der Waals surface area contributed by atoms with Crippen LogP contribution in [0, 0.1) is 17.3 Å². The van der Waals surface area contributed by atoms with Crippen LogP contribution < -0.4 is 0 Å². The number of rotatable bonds is 6. The minimum absolute atomic E-state index is 0.553. The number of allylic oxidation sites excluding steroid dienone is 1. The van der Waals surface area contributed by atoms with Gasteiger partial charge in [-0.05, 0) is 36.5 Å².